The first kappa shape index (κ1) is 6.75. The molecule has 9 heavy (non-hydrogen) atoms. The predicted molar refractivity (Wildman–Crippen MR) is 37.8 cm³/mol. The van der Waals surface area contributed by atoms with Crippen molar-refractivity contribution in [2.45, 2.75) is 37.8 Å². The molecule has 0 spiro atoms. The highest BCUT2D eigenvalue weighted by molar-refractivity contribution is 5.24. The van der Waals surface area contributed by atoms with Gasteiger partial charge < -0.3 is 5.11 Å². The van der Waals surface area contributed by atoms with Crippen LogP contribution in [0.3, 0.4) is 0 Å². The summed E-state index contributed by atoms with van der Waals surface area (Å²) >= 11 is 0. The Labute approximate surface area is 55.6 Å². The number of hydrogen-bond donors (Lipinski definition) is 1. The number of aliphatic imine (C=N–C) groups is 1. The zero-order chi connectivity index (χ0) is 6.69. The summed E-state index contributed by atoms with van der Waals surface area (Å²) < 4.78 is 0. The maximum Gasteiger partial charge on any atom is 0.0763 e. The van der Waals surface area contributed by atoms with Crippen LogP contribution >= 0.6 is 0 Å². The Morgan fingerprint density at radius 3 is 2.44 bits per heavy atom. The topological polar surface area (TPSA) is 32.6 Å². The molecule has 0 aromatic rings. The molecule has 0 heterocycles. The SMILES string of the molecule is C=N[C@H]1CCCC[C@@H]1O. The van der Waals surface area contributed by atoms with E-state index in [4.69, 9.17) is 0 Å². The van der Waals surface area contributed by atoms with Gasteiger partial charge in [0.05, 0.1) is 12.1 Å². The van der Waals surface area contributed by atoms with Gasteiger partial charge in [-0.2, -0.15) is 0 Å². The van der Waals surface area contributed by atoms with Crippen molar-refractivity contribution in [3.8, 4) is 0 Å². The fourth-order valence-corrected chi connectivity index (χ4v) is 1.30. The molecule has 1 aliphatic rings. The molecule has 0 unspecified atom stereocenters. The van der Waals surface area contributed by atoms with Crippen molar-refractivity contribution >= 4 is 6.72 Å². The Balaban J connectivity index is 2.38. The molecule has 0 aliphatic heterocycles. The van der Waals surface area contributed by atoms with Crippen LogP contribution in [0.2, 0.25) is 0 Å². The van der Waals surface area contributed by atoms with E-state index in [1.807, 2.05) is 0 Å². The van der Waals surface area contributed by atoms with E-state index >= 15 is 0 Å². The molecule has 1 aliphatic carbocycles. The standard InChI is InChI=1S/C7H13NO/c1-8-6-4-2-3-5-7(6)9/h6-7,9H,1-5H2/t6-,7-/m0/s1. The third-order valence-electron chi connectivity index (χ3n) is 1.93. The first-order valence-corrected chi connectivity index (χ1v) is 3.48. The molecule has 2 atom stereocenters. The van der Waals surface area contributed by atoms with E-state index < -0.39 is 0 Å². The summed E-state index contributed by atoms with van der Waals surface area (Å²) in [5.41, 5.74) is 0. The molecule has 0 radical (unpaired) electrons. The van der Waals surface area contributed by atoms with Gasteiger partial charge in [-0.25, -0.2) is 0 Å². The van der Waals surface area contributed by atoms with Crippen LogP contribution in [-0.2, 0) is 0 Å². The van der Waals surface area contributed by atoms with Gasteiger partial charge in [0.25, 0.3) is 0 Å². The largest absolute Gasteiger partial charge is 0.391 e. The van der Waals surface area contributed by atoms with Gasteiger partial charge in [0.15, 0.2) is 0 Å². The summed E-state index contributed by atoms with van der Waals surface area (Å²) in [5.74, 6) is 0. The lowest BCUT2D eigenvalue weighted by molar-refractivity contribution is 0.110. The highest BCUT2D eigenvalue weighted by Crippen LogP contribution is 2.20. The average molecular weight is 127 g/mol. The zero-order valence-electron chi connectivity index (χ0n) is 5.58. The van der Waals surface area contributed by atoms with Gasteiger partial charge in [0.1, 0.15) is 0 Å². The maximum atomic E-state index is 9.24. The lowest BCUT2D eigenvalue weighted by Crippen LogP contribution is -2.27. The first-order valence-electron chi connectivity index (χ1n) is 3.48. The number of rotatable bonds is 1. The number of hydrogen-bond acceptors (Lipinski definition) is 2. The number of aliphatic hydroxyl groups is 1. The predicted octanol–water partition coefficient (Wildman–Crippen LogP) is 0.990. The van der Waals surface area contributed by atoms with Crippen LogP contribution in [0.1, 0.15) is 25.7 Å². The third kappa shape index (κ3) is 1.52. The molecular formula is C7H13NO. The smallest absolute Gasteiger partial charge is 0.0763 e. The average Bonchev–Trinajstić information content (AvgIpc) is 1.89. The second kappa shape index (κ2) is 2.97. The van der Waals surface area contributed by atoms with Gasteiger partial charge in [-0.05, 0) is 19.6 Å². The minimum absolute atomic E-state index is 0.124. The van der Waals surface area contributed by atoms with Crippen molar-refractivity contribution in [2.75, 3.05) is 0 Å². The number of aliphatic hydroxyl groups excluding tert-OH is 1. The second-order valence-corrected chi connectivity index (χ2v) is 2.60. The van der Waals surface area contributed by atoms with Crippen LogP contribution in [0.25, 0.3) is 0 Å². The van der Waals surface area contributed by atoms with Gasteiger partial charge in [-0.15, -0.1) is 0 Å². The monoisotopic (exact) mass is 127 g/mol. The molecule has 52 valence electrons. The molecule has 0 bridgehead atoms. The molecule has 1 N–H and O–H groups in total. The van der Waals surface area contributed by atoms with E-state index in [1.165, 1.54) is 6.42 Å². The van der Waals surface area contributed by atoms with E-state index in [-0.39, 0.29) is 12.1 Å². The van der Waals surface area contributed by atoms with Gasteiger partial charge >= 0.3 is 0 Å². The van der Waals surface area contributed by atoms with Gasteiger partial charge in [-0.1, -0.05) is 12.8 Å². The molecular weight excluding hydrogens is 114 g/mol. The molecule has 2 heteroatoms. The summed E-state index contributed by atoms with van der Waals surface area (Å²) in [6.45, 7) is 3.42. The summed E-state index contributed by atoms with van der Waals surface area (Å²) in [5, 5.41) is 9.24. The lowest BCUT2D eigenvalue weighted by Gasteiger charge is -2.23. The Morgan fingerprint density at radius 2 is 2.00 bits per heavy atom. The molecule has 1 saturated carbocycles. The number of nitrogens with zero attached hydrogens (tertiary/aromatic N) is 1. The Kier molecular flexibility index (Phi) is 2.22. The minimum atomic E-state index is -0.212. The van der Waals surface area contributed by atoms with E-state index in [2.05, 4.69) is 11.7 Å². The van der Waals surface area contributed by atoms with Crippen molar-refractivity contribution in [3.05, 3.63) is 0 Å². The zero-order valence-corrected chi connectivity index (χ0v) is 5.58. The summed E-state index contributed by atoms with van der Waals surface area (Å²) in [7, 11) is 0. The summed E-state index contributed by atoms with van der Waals surface area (Å²) in [6, 6.07) is 0.124. The normalized spacial score (nSPS) is 36.1. The van der Waals surface area contributed by atoms with E-state index in [1.54, 1.807) is 0 Å². The molecule has 1 rings (SSSR count). The third-order valence-corrected chi connectivity index (χ3v) is 1.93. The molecule has 0 aromatic carbocycles. The van der Waals surface area contributed by atoms with Crippen LogP contribution in [0.15, 0.2) is 4.99 Å². The van der Waals surface area contributed by atoms with E-state index in [0.717, 1.165) is 19.3 Å². The maximum absolute atomic E-state index is 9.24. The Hall–Kier alpha value is -0.370. The van der Waals surface area contributed by atoms with Crippen molar-refractivity contribution < 1.29 is 5.11 Å². The Bertz CT molecular complexity index is 103. The minimum Gasteiger partial charge on any atom is -0.391 e. The highest BCUT2D eigenvalue weighted by Gasteiger charge is 2.20. The molecule has 0 amide bonds. The summed E-state index contributed by atoms with van der Waals surface area (Å²) in [6.07, 6.45) is 4.05. The molecule has 0 saturated heterocycles. The van der Waals surface area contributed by atoms with Crippen LogP contribution in [-0.4, -0.2) is 24.0 Å². The van der Waals surface area contributed by atoms with Crippen molar-refractivity contribution in [1.82, 2.24) is 0 Å². The Morgan fingerprint density at radius 1 is 1.33 bits per heavy atom. The lowest BCUT2D eigenvalue weighted by atomic mass is 9.93. The van der Waals surface area contributed by atoms with Crippen LogP contribution in [0.4, 0.5) is 0 Å². The van der Waals surface area contributed by atoms with Gasteiger partial charge in [-0.3, -0.25) is 4.99 Å². The van der Waals surface area contributed by atoms with Gasteiger partial charge in [0.2, 0.25) is 0 Å². The van der Waals surface area contributed by atoms with Crippen molar-refractivity contribution in [2.24, 2.45) is 4.99 Å². The quantitative estimate of drug-likeness (QED) is 0.523. The fraction of sp³-hybridized carbons (Fsp3) is 0.857. The second-order valence-electron chi connectivity index (χ2n) is 2.60. The van der Waals surface area contributed by atoms with Crippen molar-refractivity contribution in [1.29, 1.82) is 0 Å². The first-order chi connectivity index (χ1) is 4.34. The van der Waals surface area contributed by atoms with E-state index in [9.17, 15) is 5.11 Å². The van der Waals surface area contributed by atoms with Crippen LogP contribution in [0, 0.1) is 0 Å². The van der Waals surface area contributed by atoms with E-state index in [0.29, 0.717) is 0 Å². The molecule has 1 fully saturated rings. The fourth-order valence-electron chi connectivity index (χ4n) is 1.30. The summed E-state index contributed by atoms with van der Waals surface area (Å²) in [4.78, 5) is 3.83. The molecule has 0 aromatic heterocycles. The van der Waals surface area contributed by atoms with Crippen LogP contribution < -0.4 is 0 Å². The highest BCUT2D eigenvalue weighted by atomic mass is 16.3. The van der Waals surface area contributed by atoms with Gasteiger partial charge in [0, 0.05) is 0 Å². The van der Waals surface area contributed by atoms with Crippen molar-refractivity contribution in [3.63, 3.8) is 0 Å². The molecule has 2 nitrogen and oxygen atoms in total. The van der Waals surface area contributed by atoms with Crippen LogP contribution in [0.5, 0.6) is 0 Å².